The Morgan fingerprint density at radius 2 is 1.38 bits per heavy atom. The van der Waals surface area contributed by atoms with Gasteiger partial charge >= 0.3 is 5.97 Å². The van der Waals surface area contributed by atoms with Gasteiger partial charge in [0.2, 0.25) is 0 Å². The van der Waals surface area contributed by atoms with Crippen LogP contribution < -0.4 is 0 Å². The third-order valence-corrected chi connectivity index (χ3v) is 2.95. The summed E-state index contributed by atoms with van der Waals surface area (Å²) in [6, 6.07) is 0. The van der Waals surface area contributed by atoms with E-state index in [2.05, 4.69) is 0 Å². The summed E-state index contributed by atoms with van der Waals surface area (Å²) >= 11 is 0. The maximum atomic E-state index is 10.8. The topological polar surface area (TPSA) is 55.8 Å². The number of nitrogens with zero attached hydrogens (tertiary/aromatic N) is 1. The van der Waals surface area contributed by atoms with Crippen LogP contribution in [0.4, 0.5) is 0 Å². The molecule has 0 aliphatic heterocycles. The van der Waals surface area contributed by atoms with Gasteiger partial charge in [-0.15, -0.1) is 0 Å². The van der Waals surface area contributed by atoms with Crippen molar-refractivity contribution in [1.29, 1.82) is 0 Å². The number of hydrogen-bond donors (Lipinski definition) is 0. The van der Waals surface area contributed by atoms with Gasteiger partial charge in [0.25, 0.3) is 6.47 Å². The molecule has 0 N–H and O–H groups in total. The predicted octanol–water partition coefficient (Wildman–Crippen LogP) is 3.26. The normalized spacial score (nSPS) is 10.6. The molecule has 0 fully saturated rings. The van der Waals surface area contributed by atoms with Crippen LogP contribution in [0, 0.1) is 0 Å². The Balaban J connectivity index is -0.000000739. The largest absolute Gasteiger partial charge is 0.466 e. The number of likely N-dealkylation sites (N-methyl/N-ethyl adjacent to an activating group) is 1. The summed E-state index contributed by atoms with van der Waals surface area (Å²) in [5, 5.41) is 0. The molecule has 0 saturated heterocycles. The van der Waals surface area contributed by atoms with Crippen LogP contribution in [0.1, 0.15) is 62.3 Å². The van der Waals surface area contributed by atoms with Crippen LogP contribution in [-0.4, -0.2) is 48.7 Å². The van der Waals surface area contributed by atoms with Crippen LogP contribution in [0.2, 0.25) is 0 Å². The minimum Gasteiger partial charge on any atom is -0.466 e. The van der Waals surface area contributed by atoms with E-state index in [0.717, 1.165) is 0 Å². The van der Waals surface area contributed by atoms with Gasteiger partial charge < -0.3 is 9.47 Å². The standard InChI is InChI=1S/C12H23NO4.2C2H6/c1-10(15)17-8-12(4,5)13(6)11(2,3)7-16-9-14;2*1-2/h9H,7-8H2,1-6H3;2*1-2H3. The Morgan fingerprint density at radius 1 is 1.00 bits per heavy atom. The summed E-state index contributed by atoms with van der Waals surface area (Å²) in [6.07, 6.45) is 0. The molecule has 128 valence electrons. The Morgan fingerprint density at radius 3 is 1.71 bits per heavy atom. The first-order valence-corrected chi connectivity index (χ1v) is 7.56. The van der Waals surface area contributed by atoms with Crippen molar-refractivity contribution >= 4 is 12.4 Å². The SMILES string of the molecule is CC.CC.CC(=O)OCC(C)(C)N(C)C(C)(C)COC=O. The van der Waals surface area contributed by atoms with Crippen LogP contribution in [0.25, 0.3) is 0 Å². The molecule has 0 aromatic heterocycles. The Labute approximate surface area is 131 Å². The highest BCUT2D eigenvalue weighted by Crippen LogP contribution is 2.23. The number of ether oxygens (including phenoxy) is 2. The minimum atomic E-state index is -0.332. The number of carbonyl (C=O) groups is 2. The molecule has 0 aliphatic rings. The lowest BCUT2D eigenvalue weighted by molar-refractivity contribution is -0.147. The highest BCUT2D eigenvalue weighted by atomic mass is 16.5. The Bertz CT molecular complexity index is 275. The smallest absolute Gasteiger partial charge is 0.302 e. The van der Waals surface area contributed by atoms with E-state index in [1.165, 1.54) is 6.92 Å². The van der Waals surface area contributed by atoms with E-state index in [4.69, 9.17) is 9.47 Å². The molecule has 0 aromatic carbocycles. The van der Waals surface area contributed by atoms with Crippen molar-refractivity contribution in [3.63, 3.8) is 0 Å². The first-order chi connectivity index (χ1) is 9.63. The van der Waals surface area contributed by atoms with E-state index < -0.39 is 0 Å². The first kappa shape index (κ1) is 24.9. The summed E-state index contributed by atoms with van der Waals surface area (Å²) in [6.45, 7) is 18.3. The average Bonchev–Trinajstić information content (AvgIpc) is 2.46. The van der Waals surface area contributed by atoms with E-state index in [1.54, 1.807) is 0 Å². The van der Waals surface area contributed by atoms with E-state index >= 15 is 0 Å². The summed E-state index contributed by atoms with van der Waals surface area (Å²) < 4.78 is 9.85. The maximum absolute atomic E-state index is 10.8. The molecule has 0 bridgehead atoms. The second kappa shape index (κ2) is 12.6. The summed E-state index contributed by atoms with van der Waals surface area (Å²) in [7, 11) is 1.91. The zero-order chi connectivity index (χ0) is 17.7. The van der Waals surface area contributed by atoms with Crippen LogP contribution in [-0.2, 0) is 19.1 Å². The Hall–Kier alpha value is -1.10. The van der Waals surface area contributed by atoms with Gasteiger partial charge in [-0.3, -0.25) is 14.5 Å². The van der Waals surface area contributed by atoms with Gasteiger partial charge in [-0.1, -0.05) is 27.7 Å². The molecule has 0 saturated carbocycles. The van der Waals surface area contributed by atoms with Gasteiger partial charge in [0.1, 0.15) is 13.2 Å². The van der Waals surface area contributed by atoms with E-state index in [1.807, 2.05) is 67.3 Å². The van der Waals surface area contributed by atoms with Gasteiger partial charge in [-0.25, -0.2) is 0 Å². The van der Waals surface area contributed by atoms with Crippen molar-refractivity contribution in [2.24, 2.45) is 0 Å². The molecule has 0 aliphatic carbocycles. The van der Waals surface area contributed by atoms with Crippen LogP contribution in [0.15, 0.2) is 0 Å². The minimum absolute atomic E-state index is 0.288. The van der Waals surface area contributed by atoms with Crippen molar-refractivity contribution in [1.82, 2.24) is 4.90 Å². The lowest BCUT2D eigenvalue weighted by atomic mass is 9.95. The lowest BCUT2D eigenvalue weighted by Crippen LogP contribution is -2.57. The van der Waals surface area contributed by atoms with Gasteiger partial charge in [0.05, 0.1) is 0 Å². The highest BCUT2D eigenvalue weighted by Gasteiger charge is 2.36. The van der Waals surface area contributed by atoms with Crippen LogP contribution in [0.3, 0.4) is 0 Å². The average molecular weight is 305 g/mol. The molecule has 21 heavy (non-hydrogen) atoms. The lowest BCUT2D eigenvalue weighted by Gasteiger charge is -2.45. The number of rotatable bonds is 7. The molecule has 0 radical (unpaired) electrons. The van der Waals surface area contributed by atoms with Crippen molar-refractivity contribution < 1.29 is 19.1 Å². The molecular formula is C16H35NO4. The molecule has 0 amide bonds. The molecule has 0 spiro atoms. The second-order valence-electron chi connectivity index (χ2n) is 5.37. The van der Waals surface area contributed by atoms with Crippen molar-refractivity contribution in [3.05, 3.63) is 0 Å². The van der Waals surface area contributed by atoms with Crippen molar-refractivity contribution in [3.8, 4) is 0 Å². The fourth-order valence-corrected chi connectivity index (χ4v) is 1.53. The molecule has 5 nitrogen and oxygen atoms in total. The molecule has 0 atom stereocenters. The monoisotopic (exact) mass is 305 g/mol. The fourth-order valence-electron chi connectivity index (χ4n) is 1.53. The van der Waals surface area contributed by atoms with Gasteiger partial charge in [-0.2, -0.15) is 0 Å². The van der Waals surface area contributed by atoms with Crippen molar-refractivity contribution in [2.75, 3.05) is 20.3 Å². The van der Waals surface area contributed by atoms with Gasteiger partial charge in [-0.05, 0) is 34.7 Å². The van der Waals surface area contributed by atoms with E-state index in [9.17, 15) is 9.59 Å². The predicted molar refractivity (Wildman–Crippen MR) is 87.3 cm³/mol. The third kappa shape index (κ3) is 11.3. The highest BCUT2D eigenvalue weighted by molar-refractivity contribution is 5.65. The van der Waals surface area contributed by atoms with E-state index in [0.29, 0.717) is 13.1 Å². The summed E-state index contributed by atoms with van der Waals surface area (Å²) in [5.74, 6) is -0.298. The fraction of sp³-hybridized carbons (Fsp3) is 0.875. The number of carbonyl (C=O) groups excluding carboxylic acids is 2. The molecule has 0 aromatic rings. The summed E-state index contributed by atoms with van der Waals surface area (Å²) in [4.78, 5) is 23.1. The van der Waals surface area contributed by atoms with Gasteiger partial charge in [0.15, 0.2) is 0 Å². The zero-order valence-electron chi connectivity index (χ0n) is 15.6. The molecule has 0 heterocycles. The zero-order valence-corrected chi connectivity index (χ0v) is 15.6. The third-order valence-electron chi connectivity index (χ3n) is 2.95. The van der Waals surface area contributed by atoms with Crippen LogP contribution in [0.5, 0.6) is 0 Å². The molecular weight excluding hydrogens is 270 g/mol. The quantitative estimate of drug-likeness (QED) is 0.534. The molecule has 0 rings (SSSR count). The van der Waals surface area contributed by atoms with Crippen LogP contribution >= 0.6 is 0 Å². The second-order valence-corrected chi connectivity index (χ2v) is 5.37. The number of esters is 1. The van der Waals surface area contributed by atoms with E-state index in [-0.39, 0.29) is 23.7 Å². The Kier molecular flexibility index (Phi) is 15.0. The first-order valence-electron chi connectivity index (χ1n) is 7.56. The van der Waals surface area contributed by atoms with Gasteiger partial charge in [0, 0.05) is 18.0 Å². The van der Waals surface area contributed by atoms with Crippen molar-refractivity contribution in [2.45, 2.75) is 73.4 Å². The summed E-state index contributed by atoms with van der Waals surface area (Å²) in [5.41, 5.74) is -0.661. The molecule has 5 heteroatoms. The maximum Gasteiger partial charge on any atom is 0.302 e. The molecule has 0 unspecified atom stereocenters. The number of hydrogen-bond acceptors (Lipinski definition) is 5.